The first kappa shape index (κ1) is 16.2. The number of halogens is 1. The Morgan fingerprint density at radius 1 is 1.67 bits per heavy atom. The molecule has 0 amide bonds. The minimum Gasteiger partial charge on any atom is -1.00 e. The molecule has 1 unspecified atom stereocenters. The molecule has 0 aromatic carbocycles. The molecule has 0 heterocycles. The quantitative estimate of drug-likeness (QED) is 0.398. The summed E-state index contributed by atoms with van der Waals surface area (Å²) in [6.45, 7) is -0.789. The molecular formula is C3H5ClMgO4. The predicted octanol–water partition coefficient (Wildman–Crippen LogP) is -6.29. The average Bonchev–Trinajstić information content (AvgIpc) is 1.65. The van der Waals surface area contributed by atoms with Gasteiger partial charge in [-0.15, -0.1) is 0 Å². The molecule has 1 atom stereocenters. The van der Waals surface area contributed by atoms with Crippen molar-refractivity contribution in [1.29, 1.82) is 0 Å². The van der Waals surface area contributed by atoms with Gasteiger partial charge in [0.2, 0.25) is 0 Å². The van der Waals surface area contributed by atoms with Crippen molar-refractivity contribution in [1.82, 2.24) is 0 Å². The first-order valence-electron chi connectivity index (χ1n) is 1.68. The molecule has 0 aromatic rings. The van der Waals surface area contributed by atoms with Gasteiger partial charge in [-0.25, -0.2) is 0 Å². The monoisotopic (exact) mass is 164 g/mol. The Morgan fingerprint density at radius 2 is 2.00 bits per heavy atom. The summed E-state index contributed by atoms with van der Waals surface area (Å²) < 4.78 is 0. The van der Waals surface area contributed by atoms with E-state index in [9.17, 15) is 9.90 Å². The van der Waals surface area contributed by atoms with Gasteiger partial charge in [-0.3, -0.25) is 0 Å². The van der Waals surface area contributed by atoms with E-state index in [1.54, 1.807) is 0 Å². The van der Waals surface area contributed by atoms with Gasteiger partial charge in [0.15, 0.2) is 0 Å². The number of aliphatic carboxylic acids is 1. The van der Waals surface area contributed by atoms with Crippen molar-refractivity contribution >= 4 is 29.0 Å². The van der Waals surface area contributed by atoms with Crippen molar-refractivity contribution in [2.45, 2.75) is 6.10 Å². The molecule has 0 aliphatic heterocycles. The van der Waals surface area contributed by atoms with E-state index in [0.29, 0.717) is 0 Å². The van der Waals surface area contributed by atoms with Crippen LogP contribution in [-0.4, -0.2) is 51.9 Å². The van der Waals surface area contributed by atoms with E-state index >= 15 is 0 Å². The van der Waals surface area contributed by atoms with Gasteiger partial charge in [-0.05, 0) is 0 Å². The summed E-state index contributed by atoms with van der Waals surface area (Å²) in [7, 11) is 0. The largest absolute Gasteiger partial charge is 2.00 e. The first-order chi connectivity index (χ1) is 3.18. The maximum Gasteiger partial charge on any atom is 2.00 e. The second-order valence-corrected chi connectivity index (χ2v) is 1.02. The fourth-order valence-electron chi connectivity index (χ4n) is 0.0745. The fraction of sp³-hybridized carbons (Fsp3) is 0.667. The topological polar surface area (TPSA) is 80.6 Å². The van der Waals surface area contributed by atoms with Gasteiger partial charge in [0.1, 0.15) is 6.10 Å². The summed E-state index contributed by atoms with van der Waals surface area (Å²) in [6.07, 6.45) is -1.74. The van der Waals surface area contributed by atoms with Gasteiger partial charge in [0.05, 0.1) is 12.6 Å². The second kappa shape index (κ2) is 8.45. The number of aliphatic hydroxyl groups is 2. The number of rotatable bonds is 2. The minimum absolute atomic E-state index is 0. The number of aliphatic hydroxyl groups excluding tert-OH is 2. The molecule has 9 heavy (non-hydrogen) atoms. The maximum atomic E-state index is 9.41. The molecule has 0 rings (SSSR count). The van der Waals surface area contributed by atoms with E-state index in [1.165, 1.54) is 0 Å². The number of hydrogen-bond acceptors (Lipinski definition) is 4. The molecule has 0 aliphatic carbocycles. The maximum absolute atomic E-state index is 9.41. The second-order valence-electron chi connectivity index (χ2n) is 1.02. The van der Waals surface area contributed by atoms with Crippen LogP contribution in [0.15, 0.2) is 0 Å². The molecule has 0 spiro atoms. The van der Waals surface area contributed by atoms with Crippen LogP contribution < -0.4 is 17.5 Å². The zero-order chi connectivity index (χ0) is 5.86. The molecule has 6 heteroatoms. The van der Waals surface area contributed by atoms with E-state index < -0.39 is 18.7 Å². The molecule has 0 fully saturated rings. The Hall–Kier alpha value is 0.446. The summed E-state index contributed by atoms with van der Waals surface area (Å²) in [6, 6.07) is 0. The molecule has 0 bridgehead atoms. The van der Waals surface area contributed by atoms with Crippen LogP contribution in [0.1, 0.15) is 0 Å². The number of carboxylic acids is 1. The molecule has 50 valence electrons. The third-order valence-electron chi connectivity index (χ3n) is 0.445. The molecule has 0 aromatic heterocycles. The molecule has 0 saturated heterocycles. The zero-order valence-corrected chi connectivity index (χ0v) is 6.75. The Kier molecular flexibility index (Phi) is 15.2. The summed E-state index contributed by atoms with van der Waals surface area (Å²) >= 11 is 0. The standard InChI is InChI=1S/C3H6O4.ClH.Mg/c4-1-2(5)3(6)7;;/h2,4-5H,1H2,(H,6,7);1H;/q;;+2/p-2. The Labute approximate surface area is 74.4 Å². The van der Waals surface area contributed by atoms with Gasteiger partial charge in [0, 0.05) is 0 Å². The van der Waals surface area contributed by atoms with Crippen molar-refractivity contribution in [2.75, 3.05) is 6.61 Å². The molecule has 2 N–H and O–H groups in total. The van der Waals surface area contributed by atoms with Gasteiger partial charge in [-0.2, -0.15) is 0 Å². The van der Waals surface area contributed by atoms with Crippen LogP contribution in [0.2, 0.25) is 0 Å². The number of carboxylic acid groups (broad SMARTS) is 1. The fourth-order valence-corrected chi connectivity index (χ4v) is 0.0745. The van der Waals surface area contributed by atoms with Crippen LogP contribution in [0.5, 0.6) is 0 Å². The van der Waals surface area contributed by atoms with Crippen LogP contribution in [0.25, 0.3) is 0 Å². The Balaban J connectivity index is -0.000000180. The zero-order valence-electron chi connectivity index (χ0n) is 4.58. The number of hydrogen-bond donors (Lipinski definition) is 2. The predicted molar refractivity (Wildman–Crippen MR) is 23.9 cm³/mol. The first-order valence-corrected chi connectivity index (χ1v) is 1.68. The molecule has 0 radical (unpaired) electrons. The van der Waals surface area contributed by atoms with Crippen molar-refractivity contribution in [2.24, 2.45) is 0 Å². The van der Waals surface area contributed by atoms with Crippen LogP contribution >= 0.6 is 0 Å². The SMILES string of the molecule is O=C([O-])C(O)CO.[Cl-].[Mg+2]. The minimum atomic E-state index is -1.74. The van der Waals surface area contributed by atoms with Crippen molar-refractivity contribution in [3.63, 3.8) is 0 Å². The van der Waals surface area contributed by atoms with E-state index in [2.05, 4.69) is 0 Å². The van der Waals surface area contributed by atoms with E-state index in [0.717, 1.165) is 0 Å². The number of carbonyl (C=O) groups is 1. The van der Waals surface area contributed by atoms with Crippen molar-refractivity contribution in [3.8, 4) is 0 Å². The van der Waals surface area contributed by atoms with Crippen LogP contribution in [0.3, 0.4) is 0 Å². The third kappa shape index (κ3) is 8.45. The summed E-state index contributed by atoms with van der Waals surface area (Å²) in [4.78, 5) is 9.41. The van der Waals surface area contributed by atoms with Crippen LogP contribution in [-0.2, 0) is 4.79 Å². The van der Waals surface area contributed by atoms with Gasteiger partial charge >= 0.3 is 23.1 Å². The molecular weight excluding hydrogens is 160 g/mol. The van der Waals surface area contributed by atoms with Crippen LogP contribution in [0, 0.1) is 0 Å². The van der Waals surface area contributed by atoms with E-state index in [1.807, 2.05) is 0 Å². The molecule has 4 nitrogen and oxygen atoms in total. The third-order valence-corrected chi connectivity index (χ3v) is 0.445. The van der Waals surface area contributed by atoms with E-state index in [4.69, 9.17) is 10.2 Å². The van der Waals surface area contributed by atoms with Gasteiger partial charge in [-0.1, -0.05) is 0 Å². The van der Waals surface area contributed by atoms with Gasteiger partial charge < -0.3 is 32.5 Å². The summed E-state index contributed by atoms with van der Waals surface area (Å²) in [5.74, 6) is -1.65. The smallest absolute Gasteiger partial charge is 1.00 e. The Morgan fingerprint density at radius 3 is 2.00 bits per heavy atom. The summed E-state index contributed by atoms with van der Waals surface area (Å²) in [5.41, 5.74) is 0. The average molecular weight is 165 g/mol. The Bertz CT molecular complexity index is 78.2. The molecule has 0 saturated carbocycles. The van der Waals surface area contributed by atoms with Crippen LogP contribution in [0.4, 0.5) is 0 Å². The van der Waals surface area contributed by atoms with E-state index in [-0.39, 0.29) is 35.5 Å². The van der Waals surface area contributed by atoms with Crippen molar-refractivity contribution in [3.05, 3.63) is 0 Å². The summed E-state index contributed by atoms with van der Waals surface area (Å²) in [5, 5.41) is 25.3. The number of carbonyl (C=O) groups excluding carboxylic acids is 1. The van der Waals surface area contributed by atoms with Crippen molar-refractivity contribution < 1.29 is 32.5 Å². The molecule has 0 aliphatic rings. The normalized spacial score (nSPS) is 10.4. The van der Waals surface area contributed by atoms with Gasteiger partial charge in [0.25, 0.3) is 0 Å².